The number of rotatable bonds is 3. The molecule has 0 bridgehead atoms. The Balaban J connectivity index is 2.64. The number of aryl methyl sites for hydroxylation is 1. The molecule has 0 saturated carbocycles. The number of benzene rings is 2. The van der Waals surface area contributed by atoms with Gasteiger partial charge in [-0.3, -0.25) is 0 Å². The Bertz CT molecular complexity index is 635. The van der Waals surface area contributed by atoms with E-state index in [1.165, 1.54) is 6.07 Å². The van der Waals surface area contributed by atoms with E-state index in [0.717, 1.165) is 16.7 Å². The van der Waals surface area contributed by atoms with Crippen LogP contribution < -0.4 is 10.5 Å². The lowest BCUT2D eigenvalue weighted by Crippen LogP contribution is -1.99. The molecule has 4 heteroatoms. The van der Waals surface area contributed by atoms with E-state index in [0.29, 0.717) is 11.4 Å². The molecule has 98 valence electrons. The van der Waals surface area contributed by atoms with E-state index < -0.39 is 5.97 Å². The Morgan fingerprint density at radius 3 is 2.58 bits per heavy atom. The minimum atomic E-state index is -1.000. The number of methoxy groups -OCH3 is 1. The van der Waals surface area contributed by atoms with Crippen molar-refractivity contribution < 1.29 is 14.6 Å². The molecule has 0 saturated heterocycles. The summed E-state index contributed by atoms with van der Waals surface area (Å²) in [4.78, 5) is 11.1. The third-order valence-corrected chi connectivity index (χ3v) is 2.87. The first-order valence-electron chi connectivity index (χ1n) is 5.80. The standard InChI is InChI=1S/C15H15NO3/c1-9-3-4-14(19-2)13(5-9)10-6-11(15(17)18)8-12(16)7-10/h3-8H,16H2,1-2H3,(H,17,18). The summed E-state index contributed by atoms with van der Waals surface area (Å²) in [6.45, 7) is 1.97. The number of hydrogen-bond donors (Lipinski definition) is 2. The monoisotopic (exact) mass is 257 g/mol. The maximum Gasteiger partial charge on any atom is 0.335 e. The quantitative estimate of drug-likeness (QED) is 0.829. The van der Waals surface area contributed by atoms with Crippen molar-refractivity contribution in [1.82, 2.24) is 0 Å². The van der Waals surface area contributed by atoms with Gasteiger partial charge in [-0.05, 0) is 42.8 Å². The van der Waals surface area contributed by atoms with Crippen molar-refractivity contribution in [3.63, 3.8) is 0 Å². The number of ether oxygens (including phenoxy) is 1. The summed E-state index contributed by atoms with van der Waals surface area (Å²) < 4.78 is 5.31. The van der Waals surface area contributed by atoms with Crippen LogP contribution in [0, 0.1) is 6.92 Å². The van der Waals surface area contributed by atoms with Gasteiger partial charge in [0.2, 0.25) is 0 Å². The fourth-order valence-corrected chi connectivity index (χ4v) is 1.98. The van der Waals surface area contributed by atoms with Gasteiger partial charge < -0.3 is 15.6 Å². The van der Waals surface area contributed by atoms with Crippen molar-refractivity contribution in [3.05, 3.63) is 47.5 Å². The molecule has 0 aromatic heterocycles. The summed E-state index contributed by atoms with van der Waals surface area (Å²) in [6.07, 6.45) is 0. The fraction of sp³-hybridized carbons (Fsp3) is 0.133. The van der Waals surface area contributed by atoms with Crippen LogP contribution in [0.5, 0.6) is 5.75 Å². The van der Waals surface area contributed by atoms with Crippen LogP contribution in [-0.4, -0.2) is 18.2 Å². The number of carboxylic acid groups (broad SMARTS) is 1. The molecule has 0 fully saturated rings. The molecule has 0 aliphatic carbocycles. The first kappa shape index (κ1) is 13.0. The molecule has 0 unspecified atom stereocenters. The lowest BCUT2D eigenvalue weighted by atomic mass is 9.99. The molecule has 19 heavy (non-hydrogen) atoms. The Morgan fingerprint density at radius 1 is 1.21 bits per heavy atom. The number of aromatic carboxylic acids is 1. The molecule has 2 rings (SSSR count). The predicted molar refractivity (Wildman–Crippen MR) is 74.5 cm³/mol. The number of anilines is 1. The molecule has 0 heterocycles. The molecule has 0 aliphatic heterocycles. The van der Waals surface area contributed by atoms with Crippen LogP contribution >= 0.6 is 0 Å². The zero-order valence-corrected chi connectivity index (χ0v) is 10.8. The Kier molecular flexibility index (Phi) is 3.42. The number of nitrogens with two attached hydrogens (primary N) is 1. The molecular weight excluding hydrogens is 242 g/mol. The van der Waals surface area contributed by atoms with Gasteiger partial charge >= 0.3 is 5.97 Å². The molecule has 2 aromatic rings. The lowest BCUT2D eigenvalue weighted by molar-refractivity contribution is 0.0697. The molecule has 3 N–H and O–H groups in total. The first-order valence-corrected chi connectivity index (χ1v) is 5.80. The van der Waals surface area contributed by atoms with Gasteiger partial charge in [-0.15, -0.1) is 0 Å². The second-order valence-corrected chi connectivity index (χ2v) is 4.35. The SMILES string of the molecule is COc1ccc(C)cc1-c1cc(N)cc(C(=O)O)c1. The summed E-state index contributed by atoms with van der Waals surface area (Å²) in [6, 6.07) is 10.5. The number of carboxylic acids is 1. The fourth-order valence-electron chi connectivity index (χ4n) is 1.98. The van der Waals surface area contributed by atoms with E-state index in [1.54, 1.807) is 19.2 Å². The molecule has 2 aromatic carbocycles. The maximum absolute atomic E-state index is 11.1. The van der Waals surface area contributed by atoms with E-state index >= 15 is 0 Å². The molecular formula is C15H15NO3. The molecule has 0 atom stereocenters. The van der Waals surface area contributed by atoms with Gasteiger partial charge in [-0.2, -0.15) is 0 Å². The molecule has 0 radical (unpaired) electrons. The van der Waals surface area contributed by atoms with Crippen LogP contribution in [-0.2, 0) is 0 Å². The average molecular weight is 257 g/mol. The number of hydrogen-bond acceptors (Lipinski definition) is 3. The molecule has 0 aliphatic rings. The Hall–Kier alpha value is -2.49. The number of carbonyl (C=O) groups is 1. The maximum atomic E-state index is 11.1. The van der Waals surface area contributed by atoms with Gasteiger partial charge in [0.25, 0.3) is 0 Å². The van der Waals surface area contributed by atoms with Crippen LogP contribution in [0.2, 0.25) is 0 Å². The van der Waals surface area contributed by atoms with Gasteiger partial charge in [0.15, 0.2) is 0 Å². The highest BCUT2D eigenvalue weighted by Gasteiger charge is 2.11. The minimum Gasteiger partial charge on any atom is -0.496 e. The van der Waals surface area contributed by atoms with Crippen molar-refractivity contribution >= 4 is 11.7 Å². The zero-order valence-electron chi connectivity index (χ0n) is 10.8. The summed E-state index contributed by atoms with van der Waals surface area (Å²) >= 11 is 0. The number of nitrogen functional groups attached to an aromatic ring is 1. The van der Waals surface area contributed by atoms with Gasteiger partial charge in [-0.25, -0.2) is 4.79 Å². The second kappa shape index (κ2) is 5.02. The van der Waals surface area contributed by atoms with Crippen molar-refractivity contribution in [2.75, 3.05) is 12.8 Å². The Labute approximate surface area is 111 Å². The van der Waals surface area contributed by atoms with Gasteiger partial charge in [0, 0.05) is 11.3 Å². The van der Waals surface area contributed by atoms with Crippen molar-refractivity contribution in [3.8, 4) is 16.9 Å². The average Bonchev–Trinajstić information content (AvgIpc) is 2.37. The van der Waals surface area contributed by atoms with Gasteiger partial charge in [0.1, 0.15) is 5.75 Å². The van der Waals surface area contributed by atoms with Gasteiger partial charge in [0.05, 0.1) is 12.7 Å². The third-order valence-electron chi connectivity index (χ3n) is 2.87. The second-order valence-electron chi connectivity index (χ2n) is 4.35. The highest BCUT2D eigenvalue weighted by Crippen LogP contribution is 2.32. The normalized spacial score (nSPS) is 10.2. The van der Waals surface area contributed by atoms with Gasteiger partial charge in [-0.1, -0.05) is 11.6 Å². The van der Waals surface area contributed by atoms with E-state index in [9.17, 15) is 4.79 Å². The van der Waals surface area contributed by atoms with E-state index in [-0.39, 0.29) is 5.56 Å². The Morgan fingerprint density at radius 2 is 1.95 bits per heavy atom. The minimum absolute atomic E-state index is 0.165. The van der Waals surface area contributed by atoms with Crippen LogP contribution in [0.1, 0.15) is 15.9 Å². The van der Waals surface area contributed by atoms with Crippen molar-refractivity contribution in [2.24, 2.45) is 0 Å². The first-order chi connectivity index (χ1) is 9.01. The van der Waals surface area contributed by atoms with Crippen LogP contribution in [0.25, 0.3) is 11.1 Å². The van der Waals surface area contributed by atoms with E-state index in [1.807, 2.05) is 25.1 Å². The summed E-state index contributed by atoms with van der Waals surface area (Å²) in [5, 5.41) is 9.07. The van der Waals surface area contributed by atoms with Crippen LogP contribution in [0.15, 0.2) is 36.4 Å². The smallest absolute Gasteiger partial charge is 0.335 e. The summed E-state index contributed by atoms with van der Waals surface area (Å²) in [5.74, 6) is -0.312. The summed E-state index contributed by atoms with van der Waals surface area (Å²) in [7, 11) is 1.58. The van der Waals surface area contributed by atoms with E-state index in [2.05, 4.69) is 0 Å². The molecule has 0 amide bonds. The van der Waals surface area contributed by atoms with Crippen LogP contribution in [0.4, 0.5) is 5.69 Å². The highest BCUT2D eigenvalue weighted by atomic mass is 16.5. The lowest BCUT2D eigenvalue weighted by Gasteiger charge is -2.11. The zero-order chi connectivity index (χ0) is 14.0. The van der Waals surface area contributed by atoms with Crippen LogP contribution in [0.3, 0.4) is 0 Å². The largest absolute Gasteiger partial charge is 0.496 e. The van der Waals surface area contributed by atoms with E-state index in [4.69, 9.17) is 15.6 Å². The molecule has 0 spiro atoms. The van der Waals surface area contributed by atoms with Crippen molar-refractivity contribution in [2.45, 2.75) is 6.92 Å². The topological polar surface area (TPSA) is 72.5 Å². The highest BCUT2D eigenvalue weighted by molar-refractivity contribution is 5.91. The third kappa shape index (κ3) is 2.68. The predicted octanol–water partition coefficient (Wildman–Crippen LogP) is 2.95. The van der Waals surface area contributed by atoms with Crippen molar-refractivity contribution in [1.29, 1.82) is 0 Å². The summed E-state index contributed by atoms with van der Waals surface area (Å²) in [5.41, 5.74) is 8.97. The molecule has 4 nitrogen and oxygen atoms in total.